The molecule has 1 fully saturated rings. The standard InChI is InChI=1S/C13H17N3S/c1-9-6-7-16(8-10(9)14)13-15-11-4-2-3-5-12(11)17-13/h2-5,9-10H,6-8,14H2,1H3. The molecule has 0 spiro atoms. The third-order valence-corrected chi connectivity index (χ3v) is 4.67. The van der Waals surface area contributed by atoms with E-state index < -0.39 is 0 Å². The zero-order chi connectivity index (χ0) is 11.8. The predicted octanol–water partition coefficient (Wildman–Crippen LogP) is 2.47. The molecule has 2 unspecified atom stereocenters. The number of benzene rings is 1. The van der Waals surface area contributed by atoms with Gasteiger partial charge in [-0.15, -0.1) is 0 Å². The van der Waals surface area contributed by atoms with Crippen LogP contribution in [0.4, 0.5) is 5.13 Å². The van der Waals surface area contributed by atoms with E-state index in [-0.39, 0.29) is 6.04 Å². The fraction of sp³-hybridized carbons (Fsp3) is 0.462. The van der Waals surface area contributed by atoms with E-state index in [0.717, 1.165) is 30.2 Å². The van der Waals surface area contributed by atoms with Crippen LogP contribution in [0, 0.1) is 5.92 Å². The SMILES string of the molecule is CC1CCN(c2nc3ccccc3s2)CC1N. The molecule has 1 aromatic heterocycles. The fourth-order valence-electron chi connectivity index (χ4n) is 2.27. The first-order chi connectivity index (χ1) is 8.24. The Morgan fingerprint density at radius 3 is 3.00 bits per heavy atom. The van der Waals surface area contributed by atoms with E-state index in [1.807, 2.05) is 6.07 Å². The molecule has 1 aromatic carbocycles. The number of hydrogen-bond donors (Lipinski definition) is 1. The molecule has 0 aliphatic carbocycles. The number of nitrogens with two attached hydrogens (primary N) is 1. The molecule has 17 heavy (non-hydrogen) atoms. The third-order valence-electron chi connectivity index (χ3n) is 3.57. The highest BCUT2D eigenvalue weighted by molar-refractivity contribution is 7.22. The fourth-order valence-corrected chi connectivity index (χ4v) is 3.27. The number of anilines is 1. The maximum atomic E-state index is 6.14. The van der Waals surface area contributed by atoms with Crippen molar-refractivity contribution in [2.24, 2.45) is 11.7 Å². The Kier molecular flexibility index (Phi) is 2.76. The Labute approximate surface area is 105 Å². The molecule has 4 heteroatoms. The quantitative estimate of drug-likeness (QED) is 0.841. The van der Waals surface area contributed by atoms with E-state index in [9.17, 15) is 0 Å². The molecule has 90 valence electrons. The number of hydrogen-bond acceptors (Lipinski definition) is 4. The van der Waals surface area contributed by atoms with Gasteiger partial charge in [-0.25, -0.2) is 4.98 Å². The van der Waals surface area contributed by atoms with Crippen LogP contribution < -0.4 is 10.6 Å². The number of nitrogens with zero attached hydrogens (tertiary/aromatic N) is 2. The summed E-state index contributed by atoms with van der Waals surface area (Å²) in [5.41, 5.74) is 7.23. The van der Waals surface area contributed by atoms with Gasteiger partial charge in [-0.05, 0) is 24.5 Å². The molecule has 3 nitrogen and oxygen atoms in total. The first kappa shape index (κ1) is 11.0. The largest absolute Gasteiger partial charge is 0.346 e. The van der Waals surface area contributed by atoms with Crippen LogP contribution >= 0.6 is 11.3 Å². The Morgan fingerprint density at radius 1 is 1.41 bits per heavy atom. The number of aromatic nitrogens is 1. The van der Waals surface area contributed by atoms with Crippen LogP contribution in [-0.2, 0) is 0 Å². The Bertz CT molecular complexity index is 489. The van der Waals surface area contributed by atoms with Gasteiger partial charge in [0, 0.05) is 19.1 Å². The van der Waals surface area contributed by atoms with Gasteiger partial charge in [-0.2, -0.15) is 0 Å². The second kappa shape index (κ2) is 4.27. The lowest BCUT2D eigenvalue weighted by Gasteiger charge is -2.34. The number of fused-ring (bicyclic) bond motifs is 1. The lowest BCUT2D eigenvalue weighted by atomic mass is 9.95. The molecule has 0 bridgehead atoms. The highest BCUT2D eigenvalue weighted by Gasteiger charge is 2.24. The van der Waals surface area contributed by atoms with Crippen LogP contribution in [0.3, 0.4) is 0 Å². The summed E-state index contributed by atoms with van der Waals surface area (Å²) in [5, 5.41) is 1.12. The van der Waals surface area contributed by atoms with Gasteiger partial charge in [0.05, 0.1) is 10.2 Å². The molecule has 0 amide bonds. The van der Waals surface area contributed by atoms with Gasteiger partial charge in [0.2, 0.25) is 0 Å². The van der Waals surface area contributed by atoms with E-state index in [1.165, 1.54) is 4.70 Å². The summed E-state index contributed by atoms with van der Waals surface area (Å²) in [6.45, 7) is 4.25. The maximum absolute atomic E-state index is 6.14. The number of para-hydroxylation sites is 1. The molecule has 2 atom stereocenters. The zero-order valence-electron chi connectivity index (χ0n) is 9.97. The highest BCUT2D eigenvalue weighted by Crippen LogP contribution is 2.30. The van der Waals surface area contributed by atoms with Gasteiger partial charge in [-0.1, -0.05) is 30.4 Å². The van der Waals surface area contributed by atoms with E-state index >= 15 is 0 Å². The summed E-state index contributed by atoms with van der Waals surface area (Å²) in [6, 6.07) is 8.57. The van der Waals surface area contributed by atoms with Crippen LogP contribution in [0.15, 0.2) is 24.3 Å². The molecule has 2 aromatic rings. The van der Waals surface area contributed by atoms with Gasteiger partial charge >= 0.3 is 0 Å². The summed E-state index contributed by atoms with van der Waals surface area (Å²) in [7, 11) is 0. The number of piperidine rings is 1. The minimum Gasteiger partial charge on any atom is -0.346 e. The first-order valence-corrected chi connectivity index (χ1v) is 6.92. The molecule has 0 saturated carbocycles. The predicted molar refractivity (Wildman–Crippen MR) is 73.6 cm³/mol. The molecule has 2 N–H and O–H groups in total. The first-order valence-electron chi connectivity index (χ1n) is 6.10. The smallest absolute Gasteiger partial charge is 0.186 e. The Balaban J connectivity index is 1.88. The van der Waals surface area contributed by atoms with Gasteiger partial charge in [-0.3, -0.25) is 0 Å². The summed E-state index contributed by atoms with van der Waals surface area (Å²) in [4.78, 5) is 7.01. The molecule has 1 saturated heterocycles. The van der Waals surface area contributed by atoms with Crippen molar-refractivity contribution in [1.29, 1.82) is 0 Å². The average molecular weight is 247 g/mol. The molecule has 3 rings (SSSR count). The van der Waals surface area contributed by atoms with Crippen molar-refractivity contribution in [3.63, 3.8) is 0 Å². The summed E-state index contributed by atoms with van der Waals surface area (Å²) >= 11 is 1.77. The zero-order valence-corrected chi connectivity index (χ0v) is 10.8. The van der Waals surface area contributed by atoms with E-state index in [2.05, 4.69) is 35.0 Å². The minimum atomic E-state index is 0.274. The van der Waals surface area contributed by atoms with Gasteiger partial charge in [0.1, 0.15) is 0 Å². The van der Waals surface area contributed by atoms with Crippen molar-refractivity contribution < 1.29 is 0 Å². The van der Waals surface area contributed by atoms with Crippen molar-refractivity contribution in [1.82, 2.24) is 4.98 Å². The van der Waals surface area contributed by atoms with Gasteiger partial charge < -0.3 is 10.6 Å². The van der Waals surface area contributed by atoms with Crippen molar-refractivity contribution in [3.8, 4) is 0 Å². The molecule has 1 aliphatic rings. The molecular weight excluding hydrogens is 230 g/mol. The lowest BCUT2D eigenvalue weighted by Crippen LogP contribution is -2.47. The topological polar surface area (TPSA) is 42.2 Å². The second-order valence-corrected chi connectivity index (χ2v) is 5.85. The minimum absolute atomic E-state index is 0.274. The summed E-state index contributed by atoms with van der Waals surface area (Å²) in [5.74, 6) is 0.626. The van der Waals surface area contributed by atoms with Crippen LogP contribution in [0.5, 0.6) is 0 Å². The van der Waals surface area contributed by atoms with Crippen LogP contribution in [0.2, 0.25) is 0 Å². The van der Waals surface area contributed by atoms with Gasteiger partial charge in [0.25, 0.3) is 0 Å². The van der Waals surface area contributed by atoms with Crippen molar-refractivity contribution in [2.75, 3.05) is 18.0 Å². The van der Waals surface area contributed by atoms with Crippen LogP contribution in [0.25, 0.3) is 10.2 Å². The van der Waals surface area contributed by atoms with E-state index in [0.29, 0.717) is 5.92 Å². The summed E-state index contributed by atoms with van der Waals surface area (Å²) < 4.78 is 1.26. The second-order valence-electron chi connectivity index (χ2n) is 4.84. The van der Waals surface area contributed by atoms with Crippen LogP contribution in [-0.4, -0.2) is 24.1 Å². The highest BCUT2D eigenvalue weighted by atomic mass is 32.1. The lowest BCUT2D eigenvalue weighted by molar-refractivity contribution is 0.379. The third kappa shape index (κ3) is 2.03. The monoisotopic (exact) mass is 247 g/mol. The normalized spacial score (nSPS) is 25.4. The number of thiazole rings is 1. The van der Waals surface area contributed by atoms with Crippen molar-refractivity contribution >= 4 is 26.7 Å². The van der Waals surface area contributed by atoms with E-state index in [1.54, 1.807) is 11.3 Å². The van der Waals surface area contributed by atoms with Gasteiger partial charge in [0.15, 0.2) is 5.13 Å². The van der Waals surface area contributed by atoms with Crippen LogP contribution in [0.1, 0.15) is 13.3 Å². The average Bonchev–Trinajstić information content (AvgIpc) is 2.76. The van der Waals surface area contributed by atoms with Crippen molar-refractivity contribution in [2.45, 2.75) is 19.4 Å². The molecule has 2 heterocycles. The number of rotatable bonds is 1. The molecule has 0 radical (unpaired) electrons. The molecule has 1 aliphatic heterocycles. The van der Waals surface area contributed by atoms with E-state index in [4.69, 9.17) is 5.73 Å². The Hall–Kier alpha value is -1.13. The maximum Gasteiger partial charge on any atom is 0.186 e. The summed E-state index contributed by atoms with van der Waals surface area (Å²) in [6.07, 6.45) is 1.16. The molecular formula is C13H17N3S. The van der Waals surface area contributed by atoms with Crippen molar-refractivity contribution in [3.05, 3.63) is 24.3 Å². The Morgan fingerprint density at radius 2 is 2.24 bits per heavy atom.